The maximum Gasteiger partial charge on any atom is 0.322 e. The number of carbonyl (C=O) groups excluding carboxylic acids is 1. The number of amides is 1. The average Bonchev–Trinajstić information content (AvgIpc) is 2.37. The molecule has 0 aromatic carbocycles. The van der Waals surface area contributed by atoms with E-state index in [0.29, 0.717) is 13.0 Å². The molecule has 1 atom stereocenters. The third kappa shape index (κ3) is 5.69. The van der Waals surface area contributed by atoms with Crippen molar-refractivity contribution in [3.05, 3.63) is 5.28 Å². The van der Waals surface area contributed by atoms with Gasteiger partial charge in [-0.2, -0.15) is 15.0 Å². The van der Waals surface area contributed by atoms with Crippen LogP contribution in [0.4, 0.5) is 5.95 Å². The van der Waals surface area contributed by atoms with Gasteiger partial charge in [-0.1, -0.05) is 6.92 Å². The number of hydrogen-bond acceptors (Lipinski definition) is 6. The molecule has 8 heteroatoms. The summed E-state index contributed by atoms with van der Waals surface area (Å²) in [6.45, 7) is 4.38. The lowest BCUT2D eigenvalue weighted by Gasteiger charge is -2.11. The predicted octanol–water partition coefficient (Wildman–Crippen LogP) is 1.25. The zero-order valence-corrected chi connectivity index (χ0v) is 12.0. The van der Waals surface area contributed by atoms with Crippen LogP contribution in [0.3, 0.4) is 0 Å². The Morgan fingerprint density at radius 3 is 2.79 bits per heavy atom. The Morgan fingerprint density at radius 1 is 1.42 bits per heavy atom. The summed E-state index contributed by atoms with van der Waals surface area (Å²) in [5.41, 5.74) is 0. The molecule has 0 fully saturated rings. The predicted molar refractivity (Wildman–Crippen MR) is 72.4 cm³/mol. The smallest absolute Gasteiger partial charge is 0.322 e. The number of nitrogens with zero attached hydrogens (tertiary/aromatic N) is 3. The fourth-order valence-electron chi connectivity index (χ4n) is 1.24. The molecule has 1 aromatic rings. The van der Waals surface area contributed by atoms with Crippen LogP contribution >= 0.6 is 11.6 Å². The van der Waals surface area contributed by atoms with Crippen molar-refractivity contribution in [2.75, 3.05) is 19.0 Å². The number of halogens is 1. The molecule has 1 amide bonds. The normalized spacial score (nSPS) is 11.8. The monoisotopic (exact) mass is 287 g/mol. The van der Waals surface area contributed by atoms with Gasteiger partial charge in [0.15, 0.2) is 0 Å². The van der Waals surface area contributed by atoms with Crippen molar-refractivity contribution < 1.29 is 9.53 Å². The van der Waals surface area contributed by atoms with E-state index < -0.39 is 0 Å². The summed E-state index contributed by atoms with van der Waals surface area (Å²) < 4.78 is 4.86. The van der Waals surface area contributed by atoms with Crippen molar-refractivity contribution in [2.24, 2.45) is 0 Å². The van der Waals surface area contributed by atoms with Crippen LogP contribution in [0.2, 0.25) is 5.28 Å². The van der Waals surface area contributed by atoms with Gasteiger partial charge in [0.2, 0.25) is 17.1 Å². The summed E-state index contributed by atoms with van der Waals surface area (Å²) in [5, 5.41) is 5.80. The third-order valence-corrected chi connectivity index (χ3v) is 2.59. The van der Waals surface area contributed by atoms with E-state index in [9.17, 15) is 4.79 Å². The van der Waals surface area contributed by atoms with Crippen molar-refractivity contribution in [2.45, 2.75) is 32.7 Å². The lowest BCUT2D eigenvalue weighted by atomic mass is 10.2. The Kier molecular flexibility index (Phi) is 6.27. The van der Waals surface area contributed by atoms with Crippen molar-refractivity contribution in [3.8, 4) is 6.01 Å². The standard InChI is InChI=1S/C11H18ClN5O2/c1-4-7(2)14-8(18)5-6-13-10-15-9(12)16-11(17-10)19-3/h7H,4-6H2,1-3H3,(H,14,18)(H,13,15,16,17). The van der Waals surface area contributed by atoms with E-state index in [1.807, 2.05) is 13.8 Å². The molecule has 19 heavy (non-hydrogen) atoms. The first kappa shape index (κ1) is 15.4. The summed E-state index contributed by atoms with van der Waals surface area (Å²) in [6, 6.07) is 0.311. The number of nitrogens with one attached hydrogen (secondary N) is 2. The van der Waals surface area contributed by atoms with Crippen LogP contribution in [0.15, 0.2) is 0 Å². The van der Waals surface area contributed by atoms with Crippen LogP contribution < -0.4 is 15.4 Å². The lowest BCUT2D eigenvalue weighted by molar-refractivity contribution is -0.121. The quantitative estimate of drug-likeness (QED) is 0.784. The Labute approximate surface area is 117 Å². The topological polar surface area (TPSA) is 89.0 Å². The summed E-state index contributed by atoms with van der Waals surface area (Å²) in [7, 11) is 1.44. The van der Waals surface area contributed by atoms with Gasteiger partial charge in [-0.15, -0.1) is 0 Å². The number of anilines is 1. The molecule has 0 aliphatic carbocycles. The van der Waals surface area contributed by atoms with Crippen LogP contribution in [-0.4, -0.2) is 40.6 Å². The highest BCUT2D eigenvalue weighted by Crippen LogP contribution is 2.10. The second-order valence-electron chi connectivity index (χ2n) is 3.97. The van der Waals surface area contributed by atoms with Gasteiger partial charge in [-0.3, -0.25) is 4.79 Å². The Balaban J connectivity index is 2.40. The van der Waals surface area contributed by atoms with Gasteiger partial charge in [-0.05, 0) is 24.9 Å². The van der Waals surface area contributed by atoms with Gasteiger partial charge in [0, 0.05) is 19.0 Å². The SMILES string of the molecule is CCC(C)NC(=O)CCNc1nc(Cl)nc(OC)n1. The molecule has 0 saturated heterocycles. The number of hydrogen-bond donors (Lipinski definition) is 2. The fourth-order valence-corrected chi connectivity index (χ4v) is 1.39. The molecule has 106 valence electrons. The molecule has 0 bridgehead atoms. The second kappa shape index (κ2) is 7.73. The van der Waals surface area contributed by atoms with Crippen molar-refractivity contribution in [1.82, 2.24) is 20.3 Å². The average molecular weight is 288 g/mol. The minimum Gasteiger partial charge on any atom is -0.467 e. The van der Waals surface area contributed by atoms with Crippen LogP contribution in [-0.2, 0) is 4.79 Å². The van der Waals surface area contributed by atoms with E-state index in [2.05, 4.69) is 25.6 Å². The van der Waals surface area contributed by atoms with Crippen LogP contribution in [0, 0.1) is 0 Å². The van der Waals surface area contributed by atoms with E-state index in [4.69, 9.17) is 16.3 Å². The zero-order valence-electron chi connectivity index (χ0n) is 11.2. The fraction of sp³-hybridized carbons (Fsp3) is 0.636. The molecule has 2 N–H and O–H groups in total. The van der Waals surface area contributed by atoms with E-state index in [0.717, 1.165) is 6.42 Å². The molecule has 1 rings (SSSR count). The Morgan fingerprint density at radius 2 is 2.16 bits per heavy atom. The molecule has 0 aliphatic heterocycles. The Hall–Kier alpha value is -1.63. The highest BCUT2D eigenvalue weighted by Gasteiger charge is 2.07. The van der Waals surface area contributed by atoms with Gasteiger partial charge in [0.25, 0.3) is 0 Å². The molecule has 1 unspecified atom stereocenters. The van der Waals surface area contributed by atoms with E-state index in [1.54, 1.807) is 0 Å². The Bertz CT molecular complexity index is 430. The number of methoxy groups -OCH3 is 1. The van der Waals surface area contributed by atoms with Crippen molar-refractivity contribution >= 4 is 23.5 Å². The molecule has 0 spiro atoms. The third-order valence-electron chi connectivity index (χ3n) is 2.43. The van der Waals surface area contributed by atoms with Crippen molar-refractivity contribution in [1.29, 1.82) is 0 Å². The largest absolute Gasteiger partial charge is 0.467 e. The first-order valence-corrected chi connectivity index (χ1v) is 6.41. The molecule has 0 saturated carbocycles. The molecule has 7 nitrogen and oxygen atoms in total. The minimum absolute atomic E-state index is 0.0195. The van der Waals surface area contributed by atoms with Crippen LogP contribution in [0.5, 0.6) is 6.01 Å². The number of aromatic nitrogens is 3. The zero-order chi connectivity index (χ0) is 14.3. The lowest BCUT2D eigenvalue weighted by Crippen LogP contribution is -2.33. The number of ether oxygens (including phenoxy) is 1. The molecular formula is C11H18ClN5O2. The van der Waals surface area contributed by atoms with Gasteiger partial charge in [0.1, 0.15) is 0 Å². The first-order chi connectivity index (χ1) is 9.05. The van der Waals surface area contributed by atoms with Gasteiger partial charge >= 0.3 is 6.01 Å². The van der Waals surface area contributed by atoms with Crippen molar-refractivity contribution in [3.63, 3.8) is 0 Å². The summed E-state index contributed by atoms with van der Waals surface area (Å²) in [4.78, 5) is 23.1. The summed E-state index contributed by atoms with van der Waals surface area (Å²) in [5.74, 6) is 0.266. The summed E-state index contributed by atoms with van der Waals surface area (Å²) >= 11 is 5.70. The molecule has 0 radical (unpaired) electrons. The molecular weight excluding hydrogens is 270 g/mol. The highest BCUT2D eigenvalue weighted by atomic mass is 35.5. The van der Waals surface area contributed by atoms with Gasteiger partial charge < -0.3 is 15.4 Å². The van der Waals surface area contributed by atoms with Gasteiger partial charge in [-0.25, -0.2) is 0 Å². The molecule has 1 aromatic heterocycles. The van der Waals surface area contributed by atoms with Crippen LogP contribution in [0.1, 0.15) is 26.7 Å². The van der Waals surface area contributed by atoms with E-state index >= 15 is 0 Å². The maximum absolute atomic E-state index is 11.5. The number of carbonyl (C=O) groups is 1. The number of rotatable bonds is 7. The molecule has 0 aliphatic rings. The second-order valence-corrected chi connectivity index (χ2v) is 4.31. The first-order valence-electron chi connectivity index (χ1n) is 6.04. The van der Waals surface area contributed by atoms with E-state index in [1.165, 1.54) is 7.11 Å². The molecule has 1 heterocycles. The van der Waals surface area contributed by atoms with Crippen LogP contribution in [0.25, 0.3) is 0 Å². The summed E-state index contributed by atoms with van der Waals surface area (Å²) in [6.07, 6.45) is 1.23. The maximum atomic E-state index is 11.5. The van der Waals surface area contributed by atoms with Gasteiger partial charge in [0.05, 0.1) is 7.11 Å². The minimum atomic E-state index is -0.0195. The van der Waals surface area contributed by atoms with E-state index in [-0.39, 0.29) is 29.2 Å². The highest BCUT2D eigenvalue weighted by molar-refractivity contribution is 6.28.